The number of nitrogens with zero attached hydrogens (tertiary/aromatic N) is 1. The number of hydrazine groups is 1. The highest BCUT2D eigenvalue weighted by Gasteiger charge is 2.02. The molecule has 0 unspecified atom stereocenters. The monoisotopic (exact) mass is 207 g/mol. The average Bonchev–Trinajstić information content (AvgIpc) is 2.25. The number of anilines is 1. The van der Waals surface area contributed by atoms with Crippen LogP contribution >= 0.6 is 0 Å². The van der Waals surface area contributed by atoms with Gasteiger partial charge >= 0.3 is 0 Å². The summed E-state index contributed by atoms with van der Waals surface area (Å²) < 4.78 is 0. The van der Waals surface area contributed by atoms with E-state index >= 15 is 0 Å². The number of hydrogen-bond donors (Lipinski definition) is 2. The van der Waals surface area contributed by atoms with Crippen molar-refractivity contribution < 1.29 is 4.79 Å². The molecule has 0 aromatic carbocycles. The van der Waals surface area contributed by atoms with Crippen LogP contribution in [0.1, 0.15) is 26.7 Å². The maximum atomic E-state index is 11.3. The molecule has 4 nitrogen and oxygen atoms in total. The fourth-order valence-electron chi connectivity index (χ4n) is 1.05. The van der Waals surface area contributed by atoms with Crippen molar-refractivity contribution in [3.63, 3.8) is 0 Å². The number of nitrogens with one attached hydrogen (secondary N) is 2. The Kier molecular flexibility index (Phi) is 4.60. The second-order valence-electron chi connectivity index (χ2n) is 3.82. The largest absolute Gasteiger partial charge is 0.282 e. The number of carbonyl (C=O) groups is 1. The highest BCUT2D eigenvalue weighted by atomic mass is 16.2. The van der Waals surface area contributed by atoms with E-state index in [0.29, 0.717) is 18.2 Å². The van der Waals surface area contributed by atoms with E-state index in [2.05, 4.69) is 29.7 Å². The van der Waals surface area contributed by atoms with E-state index in [0.717, 1.165) is 6.42 Å². The van der Waals surface area contributed by atoms with Gasteiger partial charge in [0.25, 0.3) is 0 Å². The maximum Gasteiger partial charge on any atom is 0.238 e. The summed E-state index contributed by atoms with van der Waals surface area (Å²) in [6.45, 7) is 4.19. The molecule has 1 aromatic rings. The molecule has 1 aromatic heterocycles. The lowest BCUT2D eigenvalue weighted by atomic mass is 10.1. The van der Waals surface area contributed by atoms with Gasteiger partial charge in [-0.2, -0.15) is 0 Å². The first-order chi connectivity index (χ1) is 7.18. The molecule has 0 spiro atoms. The first-order valence-electron chi connectivity index (χ1n) is 5.14. The van der Waals surface area contributed by atoms with Crippen LogP contribution < -0.4 is 10.9 Å². The molecule has 82 valence electrons. The summed E-state index contributed by atoms with van der Waals surface area (Å²) in [7, 11) is 0. The van der Waals surface area contributed by atoms with E-state index in [4.69, 9.17) is 0 Å². The first kappa shape index (κ1) is 11.5. The van der Waals surface area contributed by atoms with Gasteiger partial charge in [-0.25, -0.2) is 4.98 Å². The smallest absolute Gasteiger partial charge is 0.238 e. The van der Waals surface area contributed by atoms with Crippen molar-refractivity contribution in [2.24, 2.45) is 5.92 Å². The number of amides is 1. The van der Waals surface area contributed by atoms with E-state index in [1.165, 1.54) is 0 Å². The van der Waals surface area contributed by atoms with Crippen LogP contribution in [0.2, 0.25) is 0 Å². The fourth-order valence-corrected chi connectivity index (χ4v) is 1.05. The second-order valence-corrected chi connectivity index (χ2v) is 3.82. The van der Waals surface area contributed by atoms with Gasteiger partial charge in [0, 0.05) is 12.6 Å². The summed E-state index contributed by atoms with van der Waals surface area (Å²) in [5, 5.41) is 0. The normalized spacial score (nSPS) is 10.1. The average molecular weight is 207 g/mol. The molecule has 0 radical (unpaired) electrons. The van der Waals surface area contributed by atoms with Crippen LogP contribution in [-0.2, 0) is 4.79 Å². The van der Waals surface area contributed by atoms with Gasteiger partial charge in [-0.3, -0.25) is 15.6 Å². The molecule has 1 amide bonds. The Morgan fingerprint density at radius 2 is 2.27 bits per heavy atom. The van der Waals surface area contributed by atoms with Gasteiger partial charge in [0.2, 0.25) is 5.91 Å². The molecule has 1 rings (SSSR count). The second kappa shape index (κ2) is 6.01. The third kappa shape index (κ3) is 5.00. The first-order valence-corrected chi connectivity index (χ1v) is 5.14. The summed E-state index contributed by atoms with van der Waals surface area (Å²) in [5.41, 5.74) is 5.36. The predicted molar refractivity (Wildman–Crippen MR) is 60.1 cm³/mol. The molecule has 2 N–H and O–H groups in total. The van der Waals surface area contributed by atoms with Gasteiger partial charge in [0.05, 0.1) is 0 Å². The Morgan fingerprint density at radius 1 is 1.47 bits per heavy atom. The molecule has 0 fully saturated rings. The summed E-state index contributed by atoms with van der Waals surface area (Å²) >= 11 is 0. The molecule has 15 heavy (non-hydrogen) atoms. The van der Waals surface area contributed by atoms with Gasteiger partial charge < -0.3 is 0 Å². The van der Waals surface area contributed by atoms with Crippen molar-refractivity contribution in [2.45, 2.75) is 26.7 Å². The maximum absolute atomic E-state index is 11.3. The van der Waals surface area contributed by atoms with Crippen molar-refractivity contribution in [1.29, 1.82) is 0 Å². The lowest BCUT2D eigenvalue weighted by molar-refractivity contribution is -0.120. The molecule has 1 heterocycles. The molecule has 0 bridgehead atoms. The van der Waals surface area contributed by atoms with Crippen molar-refractivity contribution in [2.75, 3.05) is 5.43 Å². The highest BCUT2D eigenvalue weighted by molar-refractivity contribution is 5.77. The number of carbonyl (C=O) groups excluding carboxylic acids is 1. The predicted octanol–water partition coefficient (Wildman–Crippen LogP) is 1.96. The molecule has 0 aliphatic rings. The number of rotatable bonds is 5. The van der Waals surface area contributed by atoms with Crippen molar-refractivity contribution in [3.8, 4) is 0 Å². The van der Waals surface area contributed by atoms with Crippen LogP contribution in [0.5, 0.6) is 0 Å². The lowest BCUT2D eigenvalue weighted by Gasteiger charge is -2.08. The molecular weight excluding hydrogens is 190 g/mol. The standard InChI is InChI=1S/C11H17N3O/c1-9(2)6-7-11(15)14-13-10-5-3-4-8-12-10/h3-5,8-9H,6-7H2,1-2H3,(H,12,13)(H,14,15). The quantitative estimate of drug-likeness (QED) is 0.726. The zero-order valence-corrected chi connectivity index (χ0v) is 9.16. The van der Waals surface area contributed by atoms with Crippen LogP contribution in [0.25, 0.3) is 0 Å². The molecule has 0 aliphatic carbocycles. The Balaban J connectivity index is 2.23. The van der Waals surface area contributed by atoms with Crippen molar-refractivity contribution in [3.05, 3.63) is 24.4 Å². The molecule has 0 saturated heterocycles. The van der Waals surface area contributed by atoms with E-state index in [-0.39, 0.29) is 5.91 Å². The summed E-state index contributed by atoms with van der Waals surface area (Å²) in [4.78, 5) is 15.3. The zero-order valence-electron chi connectivity index (χ0n) is 9.16. The number of hydrogen-bond acceptors (Lipinski definition) is 3. The molecule has 0 saturated carbocycles. The SMILES string of the molecule is CC(C)CCC(=O)NNc1ccccn1. The van der Waals surface area contributed by atoms with E-state index in [9.17, 15) is 4.79 Å². The van der Waals surface area contributed by atoms with Gasteiger partial charge in [-0.15, -0.1) is 0 Å². The molecule has 0 atom stereocenters. The van der Waals surface area contributed by atoms with Gasteiger partial charge in [0.15, 0.2) is 0 Å². The van der Waals surface area contributed by atoms with E-state index in [1.54, 1.807) is 12.3 Å². The third-order valence-corrected chi connectivity index (χ3v) is 1.94. The van der Waals surface area contributed by atoms with E-state index < -0.39 is 0 Å². The highest BCUT2D eigenvalue weighted by Crippen LogP contribution is 2.03. The number of aromatic nitrogens is 1. The van der Waals surface area contributed by atoms with Gasteiger partial charge in [0.1, 0.15) is 5.82 Å². The van der Waals surface area contributed by atoms with Gasteiger partial charge in [-0.1, -0.05) is 19.9 Å². The Morgan fingerprint density at radius 3 is 2.87 bits per heavy atom. The Bertz CT molecular complexity index is 298. The van der Waals surface area contributed by atoms with Crippen LogP contribution in [0.4, 0.5) is 5.82 Å². The Labute approximate surface area is 90.1 Å². The minimum Gasteiger partial charge on any atom is -0.282 e. The van der Waals surface area contributed by atoms with Crippen LogP contribution in [-0.4, -0.2) is 10.9 Å². The molecular formula is C11H17N3O. The van der Waals surface area contributed by atoms with Crippen LogP contribution in [0.15, 0.2) is 24.4 Å². The minimum atomic E-state index is -0.00523. The molecule has 0 aliphatic heterocycles. The summed E-state index contributed by atoms with van der Waals surface area (Å²) in [6.07, 6.45) is 3.11. The van der Waals surface area contributed by atoms with Crippen LogP contribution in [0.3, 0.4) is 0 Å². The van der Waals surface area contributed by atoms with E-state index in [1.807, 2.05) is 12.1 Å². The zero-order chi connectivity index (χ0) is 11.1. The van der Waals surface area contributed by atoms with Gasteiger partial charge in [-0.05, 0) is 24.5 Å². The minimum absolute atomic E-state index is 0.00523. The topological polar surface area (TPSA) is 54.0 Å². The lowest BCUT2D eigenvalue weighted by Crippen LogP contribution is -2.29. The summed E-state index contributed by atoms with van der Waals surface area (Å²) in [5.74, 6) is 1.19. The molecule has 4 heteroatoms. The Hall–Kier alpha value is -1.58. The number of pyridine rings is 1. The van der Waals surface area contributed by atoms with Crippen molar-refractivity contribution in [1.82, 2.24) is 10.4 Å². The third-order valence-electron chi connectivity index (χ3n) is 1.94. The summed E-state index contributed by atoms with van der Waals surface area (Å²) in [6, 6.07) is 5.48. The van der Waals surface area contributed by atoms with Crippen molar-refractivity contribution >= 4 is 11.7 Å². The fraction of sp³-hybridized carbons (Fsp3) is 0.455. The van der Waals surface area contributed by atoms with Crippen LogP contribution in [0, 0.1) is 5.92 Å².